The number of amides is 1. The Kier molecular flexibility index (Phi) is 6.13. The SMILES string of the molecule is Cc1cc(C(=O)OCC(=O)Nc2sc3c(c2C(=O)OC(C)C)CCCC3)on1. The van der Waals surface area contributed by atoms with Gasteiger partial charge in [0.15, 0.2) is 6.61 Å². The van der Waals surface area contributed by atoms with Crippen molar-refractivity contribution in [1.29, 1.82) is 0 Å². The molecule has 0 spiro atoms. The fourth-order valence-electron chi connectivity index (χ4n) is 2.97. The van der Waals surface area contributed by atoms with Crippen molar-refractivity contribution < 1.29 is 28.4 Å². The normalized spacial score (nSPS) is 13.1. The first-order valence-electron chi connectivity index (χ1n) is 9.11. The Bertz CT molecular complexity index is 898. The first-order valence-corrected chi connectivity index (χ1v) is 9.92. The molecule has 1 amide bonds. The van der Waals surface area contributed by atoms with Gasteiger partial charge in [0.05, 0.1) is 17.4 Å². The molecule has 0 aromatic carbocycles. The lowest BCUT2D eigenvalue weighted by atomic mass is 9.95. The predicted octanol–water partition coefficient (Wildman–Crippen LogP) is 3.28. The molecular formula is C19H22N2O6S. The Morgan fingerprint density at radius 3 is 2.68 bits per heavy atom. The largest absolute Gasteiger partial charge is 0.459 e. The van der Waals surface area contributed by atoms with Gasteiger partial charge in [0.25, 0.3) is 5.91 Å². The van der Waals surface area contributed by atoms with Crippen molar-refractivity contribution in [3.05, 3.63) is 33.5 Å². The van der Waals surface area contributed by atoms with Gasteiger partial charge in [0, 0.05) is 10.9 Å². The third-order valence-corrected chi connectivity index (χ3v) is 5.34. The second-order valence-electron chi connectivity index (χ2n) is 6.83. The molecule has 0 radical (unpaired) electrons. The molecule has 3 rings (SSSR count). The Hall–Kier alpha value is -2.68. The summed E-state index contributed by atoms with van der Waals surface area (Å²) in [4.78, 5) is 37.8. The number of fused-ring (bicyclic) bond motifs is 1. The van der Waals surface area contributed by atoms with E-state index in [0.717, 1.165) is 36.1 Å². The Balaban J connectivity index is 1.70. The monoisotopic (exact) mass is 406 g/mol. The van der Waals surface area contributed by atoms with Crippen LogP contribution in [-0.4, -0.2) is 35.7 Å². The van der Waals surface area contributed by atoms with E-state index in [1.165, 1.54) is 17.4 Å². The van der Waals surface area contributed by atoms with Gasteiger partial charge in [-0.1, -0.05) is 5.16 Å². The van der Waals surface area contributed by atoms with E-state index >= 15 is 0 Å². The van der Waals surface area contributed by atoms with Crippen LogP contribution in [0, 0.1) is 6.92 Å². The number of thiophene rings is 1. The fourth-order valence-corrected chi connectivity index (χ4v) is 4.26. The molecule has 150 valence electrons. The lowest BCUT2D eigenvalue weighted by molar-refractivity contribution is -0.119. The van der Waals surface area contributed by atoms with E-state index in [0.29, 0.717) is 16.3 Å². The van der Waals surface area contributed by atoms with Crippen LogP contribution in [0.15, 0.2) is 10.6 Å². The first kappa shape index (κ1) is 20.1. The number of ether oxygens (including phenoxy) is 2. The van der Waals surface area contributed by atoms with E-state index in [9.17, 15) is 14.4 Å². The molecule has 8 nitrogen and oxygen atoms in total. The number of carbonyl (C=O) groups excluding carboxylic acids is 3. The van der Waals surface area contributed by atoms with Gasteiger partial charge < -0.3 is 19.3 Å². The van der Waals surface area contributed by atoms with Crippen molar-refractivity contribution in [2.24, 2.45) is 0 Å². The van der Waals surface area contributed by atoms with E-state index in [-0.39, 0.29) is 11.9 Å². The Labute approximate surface area is 166 Å². The average Bonchev–Trinajstić information content (AvgIpc) is 3.22. The van der Waals surface area contributed by atoms with Crippen molar-refractivity contribution in [3.63, 3.8) is 0 Å². The molecule has 0 fully saturated rings. The second kappa shape index (κ2) is 8.55. The fraction of sp³-hybridized carbons (Fsp3) is 0.474. The number of esters is 2. The average molecular weight is 406 g/mol. The number of nitrogens with one attached hydrogen (secondary N) is 1. The molecule has 0 unspecified atom stereocenters. The quantitative estimate of drug-likeness (QED) is 0.733. The van der Waals surface area contributed by atoms with Crippen molar-refractivity contribution in [2.45, 2.75) is 52.6 Å². The van der Waals surface area contributed by atoms with Gasteiger partial charge in [0.2, 0.25) is 5.76 Å². The van der Waals surface area contributed by atoms with Crippen LogP contribution in [0.1, 0.15) is 63.7 Å². The lowest BCUT2D eigenvalue weighted by Gasteiger charge is -2.14. The summed E-state index contributed by atoms with van der Waals surface area (Å²) in [6.07, 6.45) is 3.43. The predicted molar refractivity (Wildman–Crippen MR) is 102 cm³/mol. The highest BCUT2D eigenvalue weighted by Crippen LogP contribution is 2.38. The zero-order valence-electron chi connectivity index (χ0n) is 16.0. The topological polar surface area (TPSA) is 108 Å². The molecule has 2 aromatic rings. The third kappa shape index (κ3) is 4.59. The highest BCUT2D eigenvalue weighted by molar-refractivity contribution is 7.17. The van der Waals surface area contributed by atoms with Gasteiger partial charge in [-0.15, -0.1) is 11.3 Å². The molecule has 0 saturated heterocycles. The van der Waals surface area contributed by atoms with Crippen LogP contribution < -0.4 is 5.32 Å². The maximum absolute atomic E-state index is 12.6. The second-order valence-corrected chi connectivity index (χ2v) is 7.93. The van der Waals surface area contributed by atoms with Gasteiger partial charge >= 0.3 is 11.9 Å². The molecule has 0 atom stereocenters. The molecule has 0 aliphatic heterocycles. The minimum absolute atomic E-state index is 0.0712. The standard InChI is InChI=1S/C19H22N2O6S/c1-10(2)26-19(24)16-12-6-4-5-7-14(12)28-17(16)20-15(22)9-25-18(23)13-8-11(3)21-27-13/h8,10H,4-7,9H2,1-3H3,(H,20,22). The zero-order chi connectivity index (χ0) is 20.3. The zero-order valence-corrected chi connectivity index (χ0v) is 16.8. The van der Waals surface area contributed by atoms with Gasteiger partial charge in [-0.3, -0.25) is 4.79 Å². The number of aryl methyl sites for hydroxylation is 2. The van der Waals surface area contributed by atoms with Crippen molar-refractivity contribution >= 4 is 34.2 Å². The summed E-state index contributed by atoms with van der Waals surface area (Å²) >= 11 is 1.38. The smallest absolute Gasteiger partial charge is 0.377 e. The summed E-state index contributed by atoms with van der Waals surface area (Å²) in [6.45, 7) is 4.72. The first-order chi connectivity index (χ1) is 13.3. The number of anilines is 1. The maximum atomic E-state index is 12.6. The van der Waals surface area contributed by atoms with E-state index in [4.69, 9.17) is 14.0 Å². The Morgan fingerprint density at radius 1 is 1.25 bits per heavy atom. The number of hydrogen-bond acceptors (Lipinski definition) is 8. The minimum atomic E-state index is -0.777. The van der Waals surface area contributed by atoms with Crippen LogP contribution >= 0.6 is 11.3 Å². The van der Waals surface area contributed by atoms with Crippen LogP contribution in [0.4, 0.5) is 5.00 Å². The number of rotatable bonds is 6. The van der Waals surface area contributed by atoms with Crippen molar-refractivity contribution in [2.75, 3.05) is 11.9 Å². The van der Waals surface area contributed by atoms with E-state index in [1.54, 1.807) is 20.8 Å². The molecule has 2 heterocycles. The van der Waals surface area contributed by atoms with Gasteiger partial charge in [-0.25, -0.2) is 9.59 Å². The van der Waals surface area contributed by atoms with E-state index < -0.39 is 24.5 Å². The van der Waals surface area contributed by atoms with Crippen molar-refractivity contribution in [3.8, 4) is 0 Å². The summed E-state index contributed by atoms with van der Waals surface area (Å²) in [5.41, 5.74) is 1.90. The molecule has 0 saturated carbocycles. The molecule has 2 aromatic heterocycles. The third-order valence-electron chi connectivity index (χ3n) is 4.13. The van der Waals surface area contributed by atoms with Crippen LogP contribution in [0.25, 0.3) is 0 Å². The van der Waals surface area contributed by atoms with Crippen LogP contribution in [0.3, 0.4) is 0 Å². The minimum Gasteiger partial charge on any atom is -0.459 e. The van der Waals surface area contributed by atoms with Crippen LogP contribution in [0.5, 0.6) is 0 Å². The molecule has 1 N–H and O–H groups in total. The maximum Gasteiger partial charge on any atom is 0.377 e. The Morgan fingerprint density at radius 2 is 2.00 bits per heavy atom. The molecule has 0 bridgehead atoms. The van der Waals surface area contributed by atoms with Gasteiger partial charge in [0.1, 0.15) is 5.00 Å². The molecular weight excluding hydrogens is 384 g/mol. The number of carbonyl (C=O) groups is 3. The highest BCUT2D eigenvalue weighted by atomic mass is 32.1. The van der Waals surface area contributed by atoms with Crippen molar-refractivity contribution in [1.82, 2.24) is 5.16 Å². The van der Waals surface area contributed by atoms with E-state index in [2.05, 4.69) is 10.5 Å². The molecule has 1 aliphatic carbocycles. The van der Waals surface area contributed by atoms with E-state index in [1.807, 2.05) is 0 Å². The van der Waals surface area contributed by atoms with Gasteiger partial charge in [-0.05, 0) is 52.0 Å². The van der Waals surface area contributed by atoms with Crippen LogP contribution in [-0.2, 0) is 27.1 Å². The van der Waals surface area contributed by atoms with Gasteiger partial charge in [-0.2, -0.15) is 0 Å². The summed E-state index contributed by atoms with van der Waals surface area (Å²) in [7, 11) is 0. The number of hydrogen-bond donors (Lipinski definition) is 1. The molecule has 28 heavy (non-hydrogen) atoms. The molecule has 1 aliphatic rings. The number of nitrogens with zero attached hydrogens (tertiary/aromatic N) is 1. The molecule has 9 heteroatoms. The summed E-state index contributed by atoms with van der Waals surface area (Å²) in [5.74, 6) is -1.83. The van der Waals surface area contributed by atoms with Crippen LogP contribution in [0.2, 0.25) is 0 Å². The number of aromatic nitrogens is 1. The summed E-state index contributed by atoms with van der Waals surface area (Å²) in [5, 5.41) is 6.73. The summed E-state index contributed by atoms with van der Waals surface area (Å²) in [6, 6.07) is 1.42. The highest BCUT2D eigenvalue weighted by Gasteiger charge is 2.28. The lowest BCUT2D eigenvalue weighted by Crippen LogP contribution is -2.22. The summed E-state index contributed by atoms with van der Waals surface area (Å²) < 4.78 is 15.1.